The predicted molar refractivity (Wildman–Crippen MR) is 223 cm³/mol. The van der Waals surface area contributed by atoms with E-state index in [1.165, 1.54) is 5.39 Å². The predicted octanol–water partition coefficient (Wildman–Crippen LogP) is 13.3. The van der Waals surface area contributed by atoms with Crippen molar-refractivity contribution in [3.8, 4) is 50.6 Å². The van der Waals surface area contributed by atoms with Gasteiger partial charge in [-0.15, -0.1) is 0 Å². The molecule has 3 aromatic heterocycles. The normalized spacial score (nSPS) is 11.7. The Kier molecular flexibility index (Phi) is 6.82. The minimum Gasteiger partial charge on any atom is -0.456 e. The summed E-state index contributed by atoms with van der Waals surface area (Å²) < 4.78 is 8.85. The first-order valence-corrected chi connectivity index (χ1v) is 18.2. The molecule has 0 unspecified atom stereocenters. The third-order valence-electron chi connectivity index (χ3n) is 10.6. The van der Waals surface area contributed by atoms with Crippen molar-refractivity contribution < 1.29 is 4.42 Å². The molecule has 0 spiro atoms. The van der Waals surface area contributed by atoms with Gasteiger partial charge in [-0.3, -0.25) is 4.57 Å². The van der Waals surface area contributed by atoms with Gasteiger partial charge in [0.1, 0.15) is 17.0 Å². The molecule has 4 heteroatoms. The zero-order valence-corrected chi connectivity index (χ0v) is 29.1. The Bertz CT molecular complexity index is 3200. The molecule has 252 valence electrons. The fourth-order valence-electron chi connectivity index (χ4n) is 8.15. The molecule has 3 heterocycles. The van der Waals surface area contributed by atoms with Crippen LogP contribution in [0.25, 0.3) is 105 Å². The Hall–Kier alpha value is -7.30. The van der Waals surface area contributed by atoms with Crippen molar-refractivity contribution in [2.45, 2.75) is 0 Å². The second-order valence-electron chi connectivity index (χ2n) is 13.7. The number of hydrogen-bond donors (Lipinski definition) is 0. The first-order valence-electron chi connectivity index (χ1n) is 18.2. The van der Waals surface area contributed by atoms with Gasteiger partial charge in [-0.25, -0.2) is 9.97 Å². The maximum absolute atomic E-state index is 6.60. The lowest BCUT2D eigenvalue weighted by atomic mass is 9.89. The quantitative estimate of drug-likeness (QED) is 0.169. The van der Waals surface area contributed by atoms with E-state index >= 15 is 0 Å². The van der Waals surface area contributed by atoms with E-state index in [9.17, 15) is 0 Å². The molecule has 11 rings (SSSR count). The molecule has 0 N–H and O–H groups in total. The molecule has 54 heavy (non-hydrogen) atoms. The van der Waals surface area contributed by atoms with Crippen LogP contribution in [0.15, 0.2) is 192 Å². The van der Waals surface area contributed by atoms with Gasteiger partial charge in [-0.1, -0.05) is 140 Å². The van der Waals surface area contributed by atoms with E-state index in [2.05, 4.69) is 168 Å². The van der Waals surface area contributed by atoms with Gasteiger partial charge in [0.05, 0.1) is 22.2 Å². The third-order valence-corrected chi connectivity index (χ3v) is 10.6. The fourth-order valence-corrected chi connectivity index (χ4v) is 8.15. The largest absolute Gasteiger partial charge is 0.456 e. The summed E-state index contributed by atoms with van der Waals surface area (Å²) in [6.45, 7) is 0. The maximum atomic E-state index is 6.60. The maximum Gasteiger partial charge on any atom is 0.145 e. The van der Waals surface area contributed by atoms with Crippen LogP contribution >= 0.6 is 0 Å². The molecule has 11 aromatic rings. The van der Waals surface area contributed by atoms with E-state index in [1.807, 2.05) is 24.3 Å². The summed E-state index contributed by atoms with van der Waals surface area (Å²) in [7, 11) is 0. The topological polar surface area (TPSA) is 43.9 Å². The Labute approximate surface area is 311 Å². The lowest BCUT2D eigenvalue weighted by Crippen LogP contribution is -1.97. The Morgan fingerprint density at radius 1 is 0.389 bits per heavy atom. The summed E-state index contributed by atoms with van der Waals surface area (Å²) in [6.07, 6.45) is 0. The molecule has 0 fully saturated rings. The summed E-state index contributed by atoms with van der Waals surface area (Å²) in [5, 5.41) is 5.58. The Morgan fingerprint density at radius 2 is 1.04 bits per heavy atom. The number of imidazole rings is 1. The van der Waals surface area contributed by atoms with E-state index in [0.29, 0.717) is 0 Å². The van der Waals surface area contributed by atoms with Gasteiger partial charge in [0.2, 0.25) is 0 Å². The molecule has 0 atom stereocenters. The van der Waals surface area contributed by atoms with E-state index in [0.717, 1.165) is 99.8 Å². The average molecular weight is 690 g/mol. The van der Waals surface area contributed by atoms with Crippen molar-refractivity contribution in [2.75, 3.05) is 0 Å². The highest BCUT2D eigenvalue weighted by atomic mass is 16.3. The monoisotopic (exact) mass is 689 g/mol. The standard InChI is InChI=1S/C50H31N3O/c1-3-14-34(15-4-1)49-40-31-45-48(39-21-8-12-25-44(39)54-45)46(47(40)38-20-7-9-22-41(38)51-49)33-28-26-32(27-29-33)35-16-13-17-36(30-35)50-52-42-23-10-11-24-43(42)53(50)37-18-5-2-6-19-37/h1-31H. The van der Waals surface area contributed by atoms with Crippen LogP contribution in [-0.4, -0.2) is 14.5 Å². The summed E-state index contributed by atoms with van der Waals surface area (Å²) in [5.74, 6) is 0.917. The summed E-state index contributed by atoms with van der Waals surface area (Å²) in [4.78, 5) is 10.4. The summed E-state index contributed by atoms with van der Waals surface area (Å²) >= 11 is 0. The lowest BCUT2D eigenvalue weighted by molar-refractivity contribution is 0.669. The van der Waals surface area contributed by atoms with Gasteiger partial charge < -0.3 is 4.42 Å². The second kappa shape index (κ2) is 12.1. The van der Waals surface area contributed by atoms with Crippen LogP contribution in [0.2, 0.25) is 0 Å². The van der Waals surface area contributed by atoms with E-state index in [-0.39, 0.29) is 0 Å². The molecule has 0 saturated heterocycles. The van der Waals surface area contributed by atoms with Crippen LogP contribution in [0.1, 0.15) is 0 Å². The number of benzene rings is 8. The van der Waals surface area contributed by atoms with Gasteiger partial charge >= 0.3 is 0 Å². The second-order valence-corrected chi connectivity index (χ2v) is 13.7. The summed E-state index contributed by atoms with van der Waals surface area (Å²) in [5.41, 5.74) is 13.4. The van der Waals surface area contributed by atoms with Crippen molar-refractivity contribution in [1.82, 2.24) is 14.5 Å². The number of nitrogens with zero attached hydrogens (tertiary/aromatic N) is 3. The molecule has 0 aliphatic heterocycles. The first kappa shape index (κ1) is 30.3. The first-order chi connectivity index (χ1) is 26.8. The van der Waals surface area contributed by atoms with Gasteiger partial charge in [0.15, 0.2) is 0 Å². The van der Waals surface area contributed by atoms with Crippen molar-refractivity contribution in [3.05, 3.63) is 188 Å². The highest BCUT2D eigenvalue weighted by Crippen LogP contribution is 2.46. The van der Waals surface area contributed by atoms with Crippen molar-refractivity contribution in [2.24, 2.45) is 0 Å². The number of pyridine rings is 1. The lowest BCUT2D eigenvalue weighted by Gasteiger charge is -2.16. The number of aromatic nitrogens is 3. The number of rotatable bonds is 5. The average Bonchev–Trinajstić information content (AvgIpc) is 3.82. The molecule has 0 saturated carbocycles. The zero-order valence-electron chi connectivity index (χ0n) is 29.1. The van der Waals surface area contributed by atoms with Crippen LogP contribution < -0.4 is 0 Å². The van der Waals surface area contributed by atoms with Crippen molar-refractivity contribution >= 4 is 54.6 Å². The SMILES string of the molecule is c1ccc(-c2nc3ccccc3c3c(-c4ccc(-c5cccc(-c6nc7ccccc7n6-c6ccccc6)c5)cc4)c4c(cc23)oc2ccccc24)cc1. The number of fused-ring (bicyclic) bond motifs is 7. The molecule has 8 aromatic carbocycles. The van der Waals surface area contributed by atoms with Gasteiger partial charge in [0, 0.05) is 49.3 Å². The third kappa shape index (κ3) is 4.78. The number of furan rings is 1. The van der Waals surface area contributed by atoms with Crippen LogP contribution in [-0.2, 0) is 0 Å². The van der Waals surface area contributed by atoms with Crippen LogP contribution in [0.5, 0.6) is 0 Å². The van der Waals surface area contributed by atoms with E-state index < -0.39 is 0 Å². The summed E-state index contributed by atoms with van der Waals surface area (Å²) in [6, 6.07) is 66.0. The number of para-hydroxylation sites is 5. The molecule has 0 aliphatic carbocycles. The molecule has 4 nitrogen and oxygen atoms in total. The molecule has 0 aliphatic rings. The fraction of sp³-hybridized carbons (Fsp3) is 0. The highest BCUT2D eigenvalue weighted by Gasteiger charge is 2.22. The van der Waals surface area contributed by atoms with Crippen LogP contribution in [0, 0.1) is 0 Å². The molecule has 0 amide bonds. The Morgan fingerprint density at radius 3 is 1.87 bits per heavy atom. The van der Waals surface area contributed by atoms with Gasteiger partial charge in [0.25, 0.3) is 0 Å². The number of hydrogen-bond acceptors (Lipinski definition) is 3. The van der Waals surface area contributed by atoms with Crippen molar-refractivity contribution in [1.29, 1.82) is 0 Å². The van der Waals surface area contributed by atoms with E-state index in [4.69, 9.17) is 14.4 Å². The van der Waals surface area contributed by atoms with E-state index in [1.54, 1.807) is 0 Å². The highest BCUT2D eigenvalue weighted by molar-refractivity contribution is 6.27. The van der Waals surface area contributed by atoms with Crippen LogP contribution in [0.3, 0.4) is 0 Å². The van der Waals surface area contributed by atoms with Gasteiger partial charge in [-0.05, 0) is 65.2 Å². The molecular formula is C50H31N3O. The minimum atomic E-state index is 0.853. The molecule has 0 bridgehead atoms. The van der Waals surface area contributed by atoms with Crippen molar-refractivity contribution in [3.63, 3.8) is 0 Å². The van der Waals surface area contributed by atoms with Crippen LogP contribution in [0.4, 0.5) is 0 Å². The molecular weight excluding hydrogens is 659 g/mol. The smallest absolute Gasteiger partial charge is 0.145 e. The molecule has 0 radical (unpaired) electrons. The minimum absolute atomic E-state index is 0.853. The Balaban J connectivity index is 1.12. The van der Waals surface area contributed by atoms with Gasteiger partial charge in [-0.2, -0.15) is 0 Å². The zero-order chi connectivity index (χ0) is 35.6.